The average molecular weight is 516 g/mol. The monoisotopic (exact) mass is 516 g/mol. The summed E-state index contributed by atoms with van der Waals surface area (Å²) in [6.07, 6.45) is -4.63. The molecule has 0 aliphatic carbocycles. The van der Waals surface area contributed by atoms with Crippen molar-refractivity contribution < 1.29 is 36.2 Å². The molecule has 0 saturated heterocycles. The summed E-state index contributed by atoms with van der Waals surface area (Å²) in [6, 6.07) is 13.8. The molecule has 0 amide bonds. The van der Waals surface area contributed by atoms with Crippen molar-refractivity contribution in [3.05, 3.63) is 101 Å². The Kier molecular flexibility index (Phi) is 7.28. The minimum atomic E-state index is -4.63. The minimum absolute atomic E-state index is 0.0302. The predicted molar refractivity (Wildman–Crippen MR) is 125 cm³/mol. The Labute approximate surface area is 209 Å². The van der Waals surface area contributed by atoms with Gasteiger partial charge in [0.05, 0.1) is 17.9 Å². The normalized spacial score (nSPS) is 11.4. The number of aromatic nitrogens is 2. The van der Waals surface area contributed by atoms with Gasteiger partial charge in [-0.1, -0.05) is 6.07 Å². The molecule has 4 aromatic rings. The fraction of sp³-hybridized carbons (Fsp3) is 0.185. The van der Waals surface area contributed by atoms with Crippen molar-refractivity contribution in [1.29, 1.82) is 0 Å². The number of hydrogen-bond acceptors (Lipinski definition) is 4. The zero-order valence-electron chi connectivity index (χ0n) is 19.8. The second-order valence-corrected chi connectivity index (χ2v) is 8.03. The topological polar surface area (TPSA) is 53.4 Å². The van der Waals surface area contributed by atoms with Crippen LogP contribution < -0.4 is 4.74 Å². The summed E-state index contributed by atoms with van der Waals surface area (Å²) >= 11 is 0. The Morgan fingerprint density at radius 2 is 1.78 bits per heavy atom. The Bertz CT molecular complexity index is 1450. The first-order valence-electron chi connectivity index (χ1n) is 11.2. The lowest BCUT2D eigenvalue weighted by molar-refractivity contribution is -0.137. The fourth-order valence-electron chi connectivity index (χ4n) is 3.75. The van der Waals surface area contributed by atoms with E-state index in [1.807, 2.05) is 0 Å². The standard InChI is InChI=1S/C27H21F5N2O3/c1-3-36-26(35)22-5-4-6-25(33-22)34-16(2)7-11-23(34)20-13-18(27(30,31)32)9-12-24(20)37-15-17-8-10-19(28)14-21(17)29/h4-14H,3,15H2,1-2H3. The van der Waals surface area contributed by atoms with Crippen LogP contribution in [-0.2, 0) is 17.5 Å². The van der Waals surface area contributed by atoms with E-state index in [9.17, 15) is 26.7 Å². The Balaban J connectivity index is 1.81. The second-order valence-electron chi connectivity index (χ2n) is 8.03. The first kappa shape index (κ1) is 25.9. The lowest BCUT2D eigenvalue weighted by Crippen LogP contribution is -2.11. The molecule has 2 aromatic heterocycles. The Hall–Kier alpha value is -4.21. The number of nitrogens with zero attached hydrogens (tertiary/aromatic N) is 2. The molecule has 0 radical (unpaired) electrons. The molecule has 0 N–H and O–H groups in total. The number of halogens is 5. The maximum Gasteiger partial charge on any atom is 0.416 e. The van der Waals surface area contributed by atoms with E-state index in [0.29, 0.717) is 17.5 Å². The molecule has 0 aliphatic rings. The highest BCUT2D eigenvalue weighted by Crippen LogP contribution is 2.39. The van der Waals surface area contributed by atoms with E-state index in [1.54, 1.807) is 42.7 Å². The first-order chi connectivity index (χ1) is 17.6. The molecular formula is C27H21F5N2O3. The van der Waals surface area contributed by atoms with Crippen LogP contribution in [-0.4, -0.2) is 22.1 Å². The highest BCUT2D eigenvalue weighted by molar-refractivity contribution is 5.87. The summed E-state index contributed by atoms with van der Waals surface area (Å²) in [4.78, 5) is 16.5. The van der Waals surface area contributed by atoms with Crippen LogP contribution in [0.3, 0.4) is 0 Å². The van der Waals surface area contributed by atoms with Crippen LogP contribution in [0, 0.1) is 18.6 Å². The molecule has 2 aromatic carbocycles. The number of aryl methyl sites for hydroxylation is 1. The number of hydrogen-bond donors (Lipinski definition) is 0. The summed E-state index contributed by atoms with van der Waals surface area (Å²) in [7, 11) is 0. The molecule has 0 aliphatic heterocycles. The summed E-state index contributed by atoms with van der Waals surface area (Å²) in [5, 5.41) is 0. The van der Waals surface area contributed by atoms with Gasteiger partial charge < -0.3 is 9.47 Å². The number of alkyl halides is 3. The molecule has 0 spiro atoms. The van der Waals surface area contributed by atoms with Crippen molar-refractivity contribution in [2.75, 3.05) is 6.61 Å². The summed E-state index contributed by atoms with van der Waals surface area (Å²) in [5.41, 5.74) is 0.131. The highest BCUT2D eigenvalue weighted by Gasteiger charge is 2.32. The van der Waals surface area contributed by atoms with Crippen LogP contribution in [0.1, 0.15) is 34.2 Å². The van der Waals surface area contributed by atoms with E-state index in [4.69, 9.17) is 9.47 Å². The molecule has 37 heavy (non-hydrogen) atoms. The van der Waals surface area contributed by atoms with Crippen LogP contribution in [0.4, 0.5) is 22.0 Å². The molecule has 0 bridgehead atoms. The number of rotatable bonds is 7. The van der Waals surface area contributed by atoms with Gasteiger partial charge in [-0.05, 0) is 68.4 Å². The molecule has 10 heteroatoms. The Morgan fingerprint density at radius 1 is 1.00 bits per heavy atom. The van der Waals surface area contributed by atoms with E-state index < -0.39 is 29.3 Å². The zero-order valence-corrected chi connectivity index (χ0v) is 19.8. The van der Waals surface area contributed by atoms with E-state index in [-0.39, 0.29) is 41.6 Å². The molecule has 0 fully saturated rings. The SMILES string of the molecule is CCOC(=O)c1cccc(-n2c(C)ccc2-c2cc(C(F)(F)F)ccc2OCc2ccc(F)cc2F)n1. The van der Waals surface area contributed by atoms with Gasteiger partial charge in [0.15, 0.2) is 5.69 Å². The quantitative estimate of drug-likeness (QED) is 0.198. The van der Waals surface area contributed by atoms with Crippen LogP contribution in [0.25, 0.3) is 17.1 Å². The van der Waals surface area contributed by atoms with Crippen molar-refractivity contribution >= 4 is 5.97 Å². The van der Waals surface area contributed by atoms with E-state index in [0.717, 1.165) is 24.3 Å². The molecule has 0 atom stereocenters. The third-order valence-corrected chi connectivity index (χ3v) is 5.51. The van der Waals surface area contributed by atoms with Gasteiger partial charge in [0.1, 0.15) is 29.8 Å². The molecule has 0 saturated carbocycles. The number of carbonyl (C=O) groups excluding carboxylic acids is 1. The number of pyridine rings is 1. The zero-order chi connectivity index (χ0) is 26.7. The number of benzene rings is 2. The summed E-state index contributed by atoms with van der Waals surface area (Å²) in [6.45, 7) is 3.19. The Morgan fingerprint density at radius 3 is 2.49 bits per heavy atom. The van der Waals surface area contributed by atoms with Crippen LogP contribution in [0.15, 0.2) is 66.7 Å². The van der Waals surface area contributed by atoms with Crippen LogP contribution in [0.2, 0.25) is 0 Å². The van der Waals surface area contributed by atoms with Gasteiger partial charge in [0.2, 0.25) is 0 Å². The molecule has 2 heterocycles. The van der Waals surface area contributed by atoms with Gasteiger partial charge in [-0.3, -0.25) is 4.57 Å². The maximum atomic E-state index is 14.1. The van der Waals surface area contributed by atoms with E-state index in [1.165, 1.54) is 12.1 Å². The largest absolute Gasteiger partial charge is 0.488 e. The van der Waals surface area contributed by atoms with Crippen molar-refractivity contribution in [3.8, 4) is 22.8 Å². The van der Waals surface area contributed by atoms with Gasteiger partial charge in [-0.25, -0.2) is 18.6 Å². The number of carbonyl (C=O) groups is 1. The molecule has 4 rings (SSSR count). The highest BCUT2D eigenvalue weighted by atomic mass is 19.4. The smallest absolute Gasteiger partial charge is 0.416 e. The average Bonchev–Trinajstić information content (AvgIpc) is 3.24. The van der Waals surface area contributed by atoms with Crippen molar-refractivity contribution in [2.45, 2.75) is 26.6 Å². The van der Waals surface area contributed by atoms with Crippen molar-refractivity contribution in [2.24, 2.45) is 0 Å². The van der Waals surface area contributed by atoms with Gasteiger partial charge in [0, 0.05) is 22.9 Å². The fourth-order valence-corrected chi connectivity index (χ4v) is 3.75. The van der Waals surface area contributed by atoms with Gasteiger partial charge in [0.25, 0.3) is 0 Å². The minimum Gasteiger partial charge on any atom is -0.488 e. The molecule has 0 unspecified atom stereocenters. The van der Waals surface area contributed by atoms with E-state index >= 15 is 0 Å². The number of esters is 1. The number of ether oxygens (including phenoxy) is 2. The van der Waals surface area contributed by atoms with Crippen molar-refractivity contribution in [3.63, 3.8) is 0 Å². The van der Waals surface area contributed by atoms with Crippen molar-refractivity contribution in [1.82, 2.24) is 9.55 Å². The van der Waals surface area contributed by atoms with Crippen LogP contribution >= 0.6 is 0 Å². The van der Waals surface area contributed by atoms with Crippen LogP contribution in [0.5, 0.6) is 5.75 Å². The molecule has 192 valence electrons. The lowest BCUT2D eigenvalue weighted by Gasteiger charge is -2.18. The second kappa shape index (κ2) is 10.4. The maximum absolute atomic E-state index is 14.1. The first-order valence-corrected chi connectivity index (χ1v) is 11.2. The molecular weight excluding hydrogens is 495 g/mol. The third-order valence-electron chi connectivity index (χ3n) is 5.51. The van der Waals surface area contributed by atoms with Gasteiger partial charge in [-0.15, -0.1) is 0 Å². The van der Waals surface area contributed by atoms with Gasteiger partial charge >= 0.3 is 12.1 Å². The third kappa shape index (κ3) is 5.63. The van der Waals surface area contributed by atoms with Gasteiger partial charge in [-0.2, -0.15) is 13.2 Å². The molecule has 5 nitrogen and oxygen atoms in total. The lowest BCUT2D eigenvalue weighted by atomic mass is 10.1. The van der Waals surface area contributed by atoms with E-state index in [2.05, 4.69) is 4.98 Å². The summed E-state index contributed by atoms with van der Waals surface area (Å²) < 4.78 is 80.5. The predicted octanol–water partition coefficient (Wildman–Crippen LogP) is 6.90. The summed E-state index contributed by atoms with van der Waals surface area (Å²) in [5.74, 6) is -1.93.